The van der Waals surface area contributed by atoms with Gasteiger partial charge in [0.15, 0.2) is 0 Å². The molecule has 0 bridgehead atoms. The van der Waals surface area contributed by atoms with Gasteiger partial charge in [0.2, 0.25) is 0 Å². The van der Waals surface area contributed by atoms with Crippen molar-refractivity contribution >= 4 is 33.4 Å². The van der Waals surface area contributed by atoms with E-state index in [9.17, 15) is 14.7 Å². The second kappa shape index (κ2) is 10.6. The Hall–Kier alpha value is -2.64. The van der Waals surface area contributed by atoms with Crippen LogP contribution in [0, 0.1) is 0 Å². The van der Waals surface area contributed by atoms with Gasteiger partial charge in [-0.1, -0.05) is 41.4 Å². The van der Waals surface area contributed by atoms with Crippen LogP contribution in [0.15, 0.2) is 58.6 Å². The number of ether oxygens (including phenoxy) is 2. The molecule has 1 heterocycles. The largest absolute Gasteiger partial charge is 0.507 e. The molecule has 1 unspecified atom stereocenters. The first kappa shape index (κ1) is 23.0. The van der Waals surface area contributed by atoms with Crippen molar-refractivity contribution in [1.82, 2.24) is 4.90 Å². The van der Waals surface area contributed by atoms with Gasteiger partial charge < -0.3 is 19.5 Å². The summed E-state index contributed by atoms with van der Waals surface area (Å²) >= 11 is 3.44. The normalized spacial score (nSPS) is 17.9. The van der Waals surface area contributed by atoms with Crippen molar-refractivity contribution in [3.63, 3.8) is 0 Å². The van der Waals surface area contributed by atoms with Crippen molar-refractivity contribution in [3.8, 4) is 5.75 Å². The molecule has 2 aromatic carbocycles. The zero-order chi connectivity index (χ0) is 22.4. The molecule has 7 heteroatoms. The maximum atomic E-state index is 12.9. The third-order valence-corrected chi connectivity index (χ3v) is 5.63. The van der Waals surface area contributed by atoms with Gasteiger partial charge in [0.25, 0.3) is 11.7 Å². The summed E-state index contributed by atoms with van der Waals surface area (Å²) in [7, 11) is 1.54. The van der Waals surface area contributed by atoms with Gasteiger partial charge >= 0.3 is 0 Å². The molecule has 0 spiro atoms. The smallest absolute Gasteiger partial charge is 0.295 e. The van der Waals surface area contributed by atoms with E-state index in [-0.39, 0.29) is 24.5 Å². The van der Waals surface area contributed by atoms with Crippen molar-refractivity contribution < 1.29 is 24.2 Å². The Kier molecular flexibility index (Phi) is 7.87. The summed E-state index contributed by atoms with van der Waals surface area (Å²) in [4.78, 5) is 27.1. The predicted octanol–water partition coefficient (Wildman–Crippen LogP) is 4.70. The number of hydrogen-bond donors (Lipinski definition) is 1. The summed E-state index contributed by atoms with van der Waals surface area (Å²) in [5.41, 5.74) is 1.25. The monoisotopic (exact) mass is 487 g/mol. The number of halogens is 1. The zero-order valence-corrected chi connectivity index (χ0v) is 19.2. The topological polar surface area (TPSA) is 76.1 Å². The number of carbonyl (C=O) groups is 2. The van der Waals surface area contributed by atoms with Crippen LogP contribution in [0.25, 0.3) is 5.76 Å². The molecule has 2 aromatic rings. The van der Waals surface area contributed by atoms with E-state index in [1.165, 1.54) is 12.0 Å². The molecule has 164 valence electrons. The van der Waals surface area contributed by atoms with E-state index in [4.69, 9.17) is 9.47 Å². The molecule has 0 saturated carbocycles. The quantitative estimate of drug-likeness (QED) is 0.240. The van der Waals surface area contributed by atoms with Crippen molar-refractivity contribution in [1.29, 1.82) is 0 Å². The van der Waals surface area contributed by atoms with E-state index >= 15 is 0 Å². The number of ketones is 1. The first-order chi connectivity index (χ1) is 15.0. The van der Waals surface area contributed by atoms with Crippen LogP contribution in [-0.4, -0.2) is 48.6 Å². The first-order valence-corrected chi connectivity index (χ1v) is 11.0. The van der Waals surface area contributed by atoms with Crippen LogP contribution < -0.4 is 4.74 Å². The third kappa shape index (κ3) is 5.17. The van der Waals surface area contributed by atoms with Crippen LogP contribution in [0.2, 0.25) is 0 Å². The van der Waals surface area contributed by atoms with Gasteiger partial charge in [-0.15, -0.1) is 0 Å². The Morgan fingerprint density at radius 2 is 1.87 bits per heavy atom. The average Bonchev–Trinajstić information content (AvgIpc) is 3.02. The molecular weight excluding hydrogens is 462 g/mol. The number of aliphatic hydroxyl groups excluding tert-OH is 1. The minimum absolute atomic E-state index is 0.0684. The maximum absolute atomic E-state index is 12.9. The number of aliphatic hydroxyl groups is 1. The Bertz CT molecular complexity index is 970. The molecular formula is C24H26BrNO5. The van der Waals surface area contributed by atoms with Crippen LogP contribution in [0.1, 0.15) is 36.9 Å². The minimum atomic E-state index is -0.707. The molecule has 6 nitrogen and oxygen atoms in total. The van der Waals surface area contributed by atoms with Crippen molar-refractivity contribution in [2.75, 3.05) is 26.9 Å². The number of Topliss-reactive ketones (excluding diaryl/α,β-unsaturated/α-hetero) is 1. The van der Waals surface area contributed by atoms with E-state index in [0.29, 0.717) is 17.9 Å². The number of hydrogen-bond acceptors (Lipinski definition) is 5. The number of amides is 1. The molecule has 1 fully saturated rings. The summed E-state index contributed by atoms with van der Waals surface area (Å²) in [5, 5.41) is 11.1. The van der Waals surface area contributed by atoms with Gasteiger partial charge in [-0.3, -0.25) is 9.59 Å². The molecule has 1 N–H and O–H groups in total. The fourth-order valence-electron chi connectivity index (χ4n) is 3.52. The number of benzene rings is 2. The molecule has 0 aliphatic carbocycles. The Labute approximate surface area is 190 Å². The van der Waals surface area contributed by atoms with Crippen LogP contribution in [-0.2, 0) is 14.3 Å². The lowest BCUT2D eigenvalue weighted by atomic mass is 9.95. The van der Waals surface area contributed by atoms with E-state index in [2.05, 4.69) is 22.9 Å². The molecule has 0 aromatic heterocycles. The SMILES string of the molecule is CCCCOc1ccc(/C(O)=C2\C(=O)C(=O)N(CCOC)C2c2cccc(Br)c2)cc1. The maximum Gasteiger partial charge on any atom is 0.295 e. The summed E-state index contributed by atoms with van der Waals surface area (Å²) in [6, 6.07) is 13.6. The summed E-state index contributed by atoms with van der Waals surface area (Å²) in [5.74, 6) is -0.873. The molecule has 3 rings (SSSR count). The lowest BCUT2D eigenvalue weighted by molar-refractivity contribution is -0.140. The molecule has 1 aliphatic heterocycles. The Morgan fingerprint density at radius 3 is 2.52 bits per heavy atom. The molecule has 1 saturated heterocycles. The number of rotatable bonds is 9. The standard InChI is InChI=1S/C24H26BrNO5/c1-3-4-13-31-19-10-8-16(9-11-19)22(27)20-21(17-6-5-7-18(25)15-17)26(12-14-30-2)24(29)23(20)28/h5-11,15,21,27H,3-4,12-14H2,1-2H3/b22-20+. The molecule has 0 radical (unpaired) electrons. The fraction of sp³-hybridized carbons (Fsp3) is 0.333. The first-order valence-electron chi connectivity index (χ1n) is 10.2. The van der Waals surface area contributed by atoms with Crippen molar-refractivity contribution in [2.45, 2.75) is 25.8 Å². The second-order valence-corrected chi connectivity index (χ2v) is 8.18. The van der Waals surface area contributed by atoms with E-state index < -0.39 is 17.7 Å². The number of nitrogens with zero attached hydrogens (tertiary/aromatic N) is 1. The van der Waals surface area contributed by atoms with Crippen molar-refractivity contribution in [3.05, 3.63) is 69.7 Å². The number of methoxy groups -OCH3 is 1. The number of likely N-dealkylation sites (tertiary alicyclic amines) is 1. The second-order valence-electron chi connectivity index (χ2n) is 7.27. The van der Waals surface area contributed by atoms with Gasteiger partial charge in [-0.05, 0) is 48.4 Å². The lowest BCUT2D eigenvalue weighted by Gasteiger charge is -2.25. The highest BCUT2D eigenvalue weighted by molar-refractivity contribution is 9.10. The number of unbranched alkanes of at least 4 members (excludes halogenated alkanes) is 1. The third-order valence-electron chi connectivity index (χ3n) is 5.14. The van der Waals surface area contributed by atoms with E-state index in [1.807, 2.05) is 24.3 Å². The van der Waals surface area contributed by atoms with Gasteiger partial charge in [-0.2, -0.15) is 0 Å². The highest BCUT2D eigenvalue weighted by Crippen LogP contribution is 2.40. The van der Waals surface area contributed by atoms with E-state index in [0.717, 1.165) is 22.9 Å². The molecule has 1 amide bonds. The summed E-state index contributed by atoms with van der Waals surface area (Å²) < 4.78 is 11.6. The zero-order valence-electron chi connectivity index (χ0n) is 17.6. The molecule has 1 aliphatic rings. The average molecular weight is 488 g/mol. The van der Waals surface area contributed by atoms with Gasteiger partial charge in [0.05, 0.1) is 24.8 Å². The van der Waals surface area contributed by atoms with Crippen LogP contribution in [0.3, 0.4) is 0 Å². The highest BCUT2D eigenvalue weighted by Gasteiger charge is 2.45. The van der Waals surface area contributed by atoms with Crippen LogP contribution in [0.4, 0.5) is 0 Å². The van der Waals surface area contributed by atoms with E-state index in [1.54, 1.807) is 24.3 Å². The van der Waals surface area contributed by atoms with Gasteiger partial charge in [-0.25, -0.2) is 0 Å². The molecule has 1 atom stereocenters. The van der Waals surface area contributed by atoms with Gasteiger partial charge in [0, 0.05) is 23.7 Å². The lowest BCUT2D eigenvalue weighted by Crippen LogP contribution is -2.32. The summed E-state index contributed by atoms with van der Waals surface area (Å²) in [6.07, 6.45) is 2.00. The number of carbonyl (C=O) groups excluding carboxylic acids is 2. The Morgan fingerprint density at radius 1 is 1.13 bits per heavy atom. The highest BCUT2D eigenvalue weighted by atomic mass is 79.9. The van der Waals surface area contributed by atoms with Crippen LogP contribution in [0.5, 0.6) is 5.75 Å². The summed E-state index contributed by atoms with van der Waals surface area (Å²) in [6.45, 7) is 3.23. The van der Waals surface area contributed by atoms with Crippen molar-refractivity contribution in [2.24, 2.45) is 0 Å². The van der Waals surface area contributed by atoms with Crippen LogP contribution >= 0.6 is 15.9 Å². The fourth-order valence-corrected chi connectivity index (χ4v) is 3.94. The minimum Gasteiger partial charge on any atom is -0.507 e. The predicted molar refractivity (Wildman–Crippen MR) is 122 cm³/mol. The Balaban J connectivity index is 2.01. The van der Waals surface area contributed by atoms with Gasteiger partial charge in [0.1, 0.15) is 11.5 Å². The molecule has 31 heavy (non-hydrogen) atoms.